The van der Waals surface area contributed by atoms with Crippen molar-refractivity contribution in [3.05, 3.63) is 41.2 Å². The Morgan fingerprint density at radius 3 is 2.48 bits per heavy atom. The van der Waals surface area contributed by atoms with Gasteiger partial charge in [-0.25, -0.2) is 4.79 Å². The van der Waals surface area contributed by atoms with E-state index < -0.39 is 17.5 Å². The van der Waals surface area contributed by atoms with E-state index in [4.69, 9.17) is 16.1 Å². The number of rotatable bonds is 5. The summed E-state index contributed by atoms with van der Waals surface area (Å²) in [5.41, 5.74) is 0.872. The second kappa shape index (κ2) is 7.57. The van der Waals surface area contributed by atoms with Gasteiger partial charge >= 0.3 is 6.09 Å². The van der Waals surface area contributed by atoms with Crippen LogP contribution in [0.4, 0.5) is 4.79 Å². The van der Waals surface area contributed by atoms with Gasteiger partial charge in [-0.1, -0.05) is 28.9 Å². The van der Waals surface area contributed by atoms with Gasteiger partial charge in [0, 0.05) is 23.7 Å². The third-order valence-corrected chi connectivity index (χ3v) is 3.85. The molecule has 2 rings (SSSR count). The van der Waals surface area contributed by atoms with Gasteiger partial charge in [-0.3, -0.25) is 4.79 Å². The Morgan fingerprint density at radius 2 is 1.92 bits per heavy atom. The van der Waals surface area contributed by atoms with Crippen molar-refractivity contribution in [3.8, 4) is 11.1 Å². The highest BCUT2D eigenvalue weighted by Gasteiger charge is 2.26. The normalized spacial score (nSPS) is 11.2. The zero-order chi connectivity index (χ0) is 18.6. The van der Waals surface area contributed by atoms with Gasteiger partial charge in [0.25, 0.3) is 5.91 Å². The van der Waals surface area contributed by atoms with Gasteiger partial charge in [0.1, 0.15) is 6.26 Å². The summed E-state index contributed by atoms with van der Waals surface area (Å²) in [6, 6.07) is 6.94. The lowest BCUT2D eigenvalue weighted by Crippen LogP contribution is -2.48. The molecule has 0 saturated heterocycles. The summed E-state index contributed by atoms with van der Waals surface area (Å²) in [5, 5.41) is 16.3. The molecule has 134 valence electrons. The van der Waals surface area contributed by atoms with E-state index in [2.05, 4.69) is 10.5 Å². The lowest BCUT2D eigenvalue weighted by Gasteiger charge is -2.33. The average molecular weight is 366 g/mol. The first-order valence-electron chi connectivity index (χ1n) is 7.69. The summed E-state index contributed by atoms with van der Waals surface area (Å²) < 4.78 is 4.92. The first-order chi connectivity index (χ1) is 11.7. The van der Waals surface area contributed by atoms with Gasteiger partial charge in [-0.2, -0.15) is 0 Å². The number of carbonyl (C=O) groups is 2. The monoisotopic (exact) mass is 365 g/mol. The van der Waals surface area contributed by atoms with Crippen LogP contribution >= 0.6 is 11.6 Å². The molecule has 0 bridgehead atoms. The van der Waals surface area contributed by atoms with Crippen LogP contribution in [0.15, 0.2) is 35.1 Å². The number of carboxylic acid groups (broad SMARTS) is 1. The van der Waals surface area contributed by atoms with Crippen molar-refractivity contribution in [2.24, 2.45) is 0 Å². The SMILES string of the molecule is CC(C)(C)N(CCNC(=O)c1nocc1-c1ccc(Cl)cc1)C(=O)O. The molecule has 1 aromatic heterocycles. The zero-order valence-corrected chi connectivity index (χ0v) is 15.0. The number of amides is 2. The summed E-state index contributed by atoms with van der Waals surface area (Å²) in [4.78, 5) is 24.9. The van der Waals surface area contributed by atoms with E-state index in [0.717, 1.165) is 5.56 Å². The molecule has 0 aliphatic heterocycles. The number of benzene rings is 1. The van der Waals surface area contributed by atoms with Gasteiger partial charge in [0.05, 0.1) is 5.56 Å². The Kier molecular flexibility index (Phi) is 5.69. The molecule has 0 spiro atoms. The molecule has 7 nitrogen and oxygen atoms in total. The van der Waals surface area contributed by atoms with Crippen molar-refractivity contribution in [1.82, 2.24) is 15.4 Å². The van der Waals surface area contributed by atoms with E-state index >= 15 is 0 Å². The van der Waals surface area contributed by atoms with Gasteiger partial charge in [0.2, 0.25) is 0 Å². The molecule has 1 heterocycles. The predicted octanol–water partition coefficient (Wildman–Crippen LogP) is 3.50. The van der Waals surface area contributed by atoms with E-state index in [1.165, 1.54) is 11.2 Å². The molecule has 0 atom stereocenters. The molecule has 0 radical (unpaired) electrons. The number of carbonyl (C=O) groups excluding carboxylic acids is 1. The first kappa shape index (κ1) is 18.8. The summed E-state index contributed by atoms with van der Waals surface area (Å²) >= 11 is 5.86. The highest BCUT2D eigenvalue weighted by molar-refractivity contribution is 6.30. The molecule has 1 aromatic carbocycles. The second-order valence-corrected chi connectivity index (χ2v) is 6.88. The van der Waals surface area contributed by atoms with Gasteiger partial charge in [-0.05, 0) is 38.5 Å². The van der Waals surface area contributed by atoms with Crippen LogP contribution in [0.2, 0.25) is 5.02 Å². The lowest BCUT2D eigenvalue weighted by atomic mass is 10.1. The fourth-order valence-corrected chi connectivity index (χ4v) is 2.44. The molecule has 2 N–H and O–H groups in total. The minimum atomic E-state index is -1.04. The summed E-state index contributed by atoms with van der Waals surface area (Å²) in [7, 11) is 0. The molecular formula is C17H20ClN3O4. The van der Waals surface area contributed by atoms with Crippen molar-refractivity contribution in [2.45, 2.75) is 26.3 Å². The maximum absolute atomic E-state index is 12.3. The Hall–Kier alpha value is -2.54. The fourth-order valence-electron chi connectivity index (χ4n) is 2.32. The first-order valence-corrected chi connectivity index (χ1v) is 8.07. The van der Waals surface area contributed by atoms with Crippen LogP contribution in [-0.2, 0) is 0 Å². The van der Waals surface area contributed by atoms with Crippen molar-refractivity contribution in [3.63, 3.8) is 0 Å². The van der Waals surface area contributed by atoms with Crippen LogP contribution in [0.3, 0.4) is 0 Å². The van der Waals surface area contributed by atoms with E-state index in [0.29, 0.717) is 10.6 Å². The summed E-state index contributed by atoms with van der Waals surface area (Å²) in [5.74, 6) is -0.432. The number of nitrogens with zero attached hydrogens (tertiary/aromatic N) is 2. The Bertz CT molecular complexity index is 750. The third kappa shape index (κ3) is 4.73. The van der Waals surface area contributed by atoms with Crippen LogP contribution in [0.25, 0.3) is 11.1 Å². The minimum Gasteiger partial charge on any atom is -0.465 e. The molecule has 2 aromatic rings. The molecule has 0 aliphatic rings. The number of halogens is 1. The molecule has 25 heavy (non-hydrogen) atoms. The lowest BCUT2D eigenvalue weighted by molar-refractivity contribution is 0.0886. The van der Waals surface area contributed by atoms with E-state index in [1.807, 2.05) is 0 Å². The summed E-state index contributed by atoms with van der Waals surface area (Å²) in [6.07, 6.45) is 0.349. The van der Waals surface area contributed by atoms with Crippen LogP contribution in [-0.4, -0.2) is 45.8 Å². The standard InChI is InChI=1S/C17H20ClN3O4/c1-17(2,3)21(16(23)24)9-8-19-15(22)14-13(10-25-20-14)11-4-6-12(18)7-5-11/h4-7,10H,8-9H2,1-3H3,(H,19,22)(H,23,24). The third-order valence-electron chi connectivity index (χ3n) is 3.60. The number of hydrogen-bond acceptors (Lipinski definition) is 4. The summed E-state index contributed by atoms with van der Waals surface area (Å²) in [6.45, 7) is 5.70. The van der Waals surface area contributed by atoms with E-state index in [-0.39, 0.29) is 18.8 Å². The molecule has 2 amide bonds. The number of hydrogen-bond donors (Lipinski definition) is 2. The van der Waals surface area contributed by atoms with E-state index in [1.54, 1.807) is 45.0 Å². The zero-order valence-electron chi connectivity index (χ0n) is 14.2. The number of nitrogens with one attached hydrogen (secondary N) is 1. The largest absolute Gasteiger partial charge is 0.465 e. The Balaban J connectivity index is 2.04. The molecule has 0 fully saturated rings. The molecule has 0 saturated carbocycles. The minimum absolute atomic E-state index is 0.139. The van der Waals surface area contributed by atoms with Crippen LogP contribution in [0.5, 0.6) is 0 Å². The van der Waals surface area contributed by atoms with E-state index in [9.17, 15) is 14.7 Å². The fraction of sp³-hybridized carbons (Fsp3) is 0.353. The second-order valence-electron chi connectivity index (χ2n) is 6.44. The van der Waals surface area contributed by atoms with Crippen molar-refractivity contribution in [1.29, 1.82) is 0 Å². The Labute approximate surface area is 150 Å². The predicted molar refractivity (Wildman–Crippen MR) is 93.8 cm³/mol. The van der Waals surface area contributed by atoms with Gasteiger partial charge < -0.3 is 19.8 Å². The van der Waals surface area contributed by atoms with Crippen molar-refractivity contribution < 1.29 is 19.2 Å². The molecule has 8 heteroatoms. The van der Waals surface area contributed by atoms with Gasteiger partial charge in [0.15, 0.2) is 5.69 Å². The average Bonchev–Trinajstić information content (AvgIpc) is 3.00. The smallest absolute Gasteiger partial charge is 0.407 e. The molecular weight excluding hydrogens is 346 g/mol. The quantitative estimate of drug-likeness (QED) is 0.845. The highest BCUT2D eigenvalue weighted by Crippen LogP contribution is 2.24. The Morgan fingerprint density at radius 1 is 1.28 bits per heavy atom. The van der Waals surface area contributed by atoms with Crippen molar-refractivity contribution in [2.75, 3.05) is 13.1 Å². The topological polar surface area (TPSA) is 95.7 Å². The van der Waals surface area contributed by atoms with Crippen molar-refractivity contribution >= 4 is 23.6 Å². The highest BCUT2D eigenvalue weighted by atomic mass is 35.5. The maximum Gasteiger partial charge on any atom is 0.407 e. The maximum atomic E-state index is 12.3. The van der Waals surface area contributed by atoms with Crippen LogP contribution in [0, 0.1) is 0 Å². The molecule has 0 aliphatic carbocycles. The number of aromatic nitrogens is 1. The van der Waals surface area contributed by atoms with Crippen LogP contribution < -0.4 is 5.32 Å². The van der Waals surface area contributed by atoms with Gasteiger partial charge in [-0.15, -0.1) is 0 Å². The van der Waals surface area contributed by atoms with Crippen LogP contribution in [0.1, 0.15) is 31.3 Å². The molecule has 0 unspecified atom stereocenters.